The Morgan fingerprint density at radius 3 is 2.95 bits per heavy atom. The van der Waals surface area contributed by atoms with Gasteiger partial charge in [-0.15, -0.1) is 0 Å². The minimum atomic E-state index is 0.569. The quantitative estimate of drug-likeness (QED) is 0.915. The summed E-state index contributed by atoms with van der Waals surface area (Å²) in [6.07, 6.45) is 2.52. The van der Waals surface area contributed by atoms with Crippen LogP contribution in [-0.4, -0.2) is 22.6 Å². The van der Waals surface area contributed by atoms with E-state index in [-0.39, 0.29) is 0 Å². The third kappa shape index (κ3) is 2.52. The lowest BCUT2D eigenvalue weighted by Gasteiger charge is -2.24. The molecule has 3 heteroatoms. The van der Waals surface area contributed by atoms with Crippen LogP contribution in [0.25, 0.3) is 11.0 Å². The Morgan fingerprint density at radius 1 is 1.37 bits per heavy atom. The maximum absolute atomic E-state index is 4.91. The molecule has 1 aromatic heterocycles. The van der Waals surface area contributed by atoms with Gasteiger partial charge in [0.05, 0.1) is 11.0 Å². The molecule has 1 atom stereocenters. The summed E-state index contributed by atoms with van der Waals surface area (Å²) < 4.78 is 2.44. The monoisotopic (exact) mass is 257 g/mol. The first kappa shape index (κ1) is 12.7. The van der Waals surface area contributed by atoms with Crippen LogP contribution in [0.2, 0.25) is 0 Å². The van der Waals surface area contributed by atoms with Crippen LogP contribution in [-0.2, 0) is 6.54 Å². The molecule has 0 spiro atoms. The Labute approximate surface area is 115 Å². The third-order valence-electron chi connectivity index (χ3n) is 3.89. The van der Waals surface area contributed by atoms with Crippen molar-refractivity contribution in [2.45, 2.75) is 39.2 Å². The predicted molar refractivity (Wildman–Crippen MR) is 79.4 cm³/mol. The second-order valence-corrected chi connectivity index (χ2v) is 6.01. The van der Waals surface area contributed by atoms with Crippen LogP contribution < -0.4 is 5.32 Å². The highest BCUT2D eigenvalue weighted by Crippen LogP contribution is 2.27. The number of nitrogens with one attached hydrogen (secondary N) is 1. The van der Waals surface area contributed by atoms with Crippen LogP contribution in [0.3, 0.4) is 0 Å². The normalized spacial score (nSPS) is 20.3. The largest absolute Gasteiger partial charge is 0.327 e. The van der Waals surface area contributed by atoms with E-state index < -0.39 is 0 Å². The van der Waals surface area contributed by atoms with Gasteiger partial charge in [0.15, 0.2) is 0 Å². The van der Waals surface area contributed by atoms with Gasteiger partial charge in [0.25, 0.3) is 0 Å². The Morgan fingerprint density at radius 2 is 2.21 bits per heavy atom. The molecule has 102 valence electrons. The number of fused-ring (bicyclic) bond motifs is 1. The first-order valence-corrected chi connectivity index (χ1v) is 7.41. The maximum atomic E-state index is 4.91. The van der Waals surface area contributed by atoms with E-state index in [1.54, 1.807) is 0 Å². The highest BCUT2D eigenvalue weighted by molar-refractivity contribution is 5.76. The van der Waals surface area contributed by atoms with Gasteiger partial charge >= 0.3 is 0 Å². The van der Waals surface area contributed by atoms with Crippen molar-refractivity contribution in [2.24, 2.45) is 5.92 Å². The Hall–Kier alpha value is -1.35. The molecule has 3 rings (SSSR count). The average molecular weight is 257 g/mol. The van der Waals surface area contributed by atoms with Crippen molar-refractivity contribution in [2.75, 3.05) is 13.1 Å². The summed E-state index contributed by atoms with van der Waals surface area (Å²) in [4.78, 5) is 4.91. The van der Waals surface area contributed by atoms with Crippen molar-refractivity contribution < 1.29 is 0 Å². The number of hydrogen-bond acceptors (Lipinski definition) is 2. The molecule has 0 saturated carbocycles. The lowest BCUT2D eigenvalue weighted by atomic mass is 9.98. The molecule has 1 unspecified atom stereocenters. The molecular weight excluding hydrogens is 234 g/mol. The van der Waals surface area contributed by atoms with Gasteiger partial charge in [-0.3, -0.25) is 0 Å². The molecular formula is C16H23N3. The van der Waals surface area contributed by atoms with Crippen molar-refractivity contribution in [1.29, 1.82) is 0 Å². The van der Waals surface area contributed by atoms with Gasteiger partial charge in [0.1, 0.15) is 5.82 Å². The van der Waals surface area contributed by atoms with E-state index >= 15 is 0 Å². The zero-order valence-electron chi connectivity index (χ0n) is 11.9. The second kappa shape index (κ2) is 5.33. The van der Waals surface area contributed by atoms with E-state index in [1.165, 1.54) is 24.2 Å². The van der Waals surface area contributed by atoms with Crippen molar-refractivity contribution in [1.82, 2.24) is 14.9 Å². The summed E-state index contributed by atoms with van der Waals surface area (Å²) in [6, 6.07) is 8.53. The maximum Gasteiger partial charge on any atom is 0.114 e. The lowest BCUT2D eigenvalue weighted by molar-refractivity contribution is 0.421. The van der Waals surface area contributed by atoms with Crippen LogP contribution in [0.4, 0.5) is 0 Å². The summed E-state index contributed by atoms with van der Waals surface area (Å²) in [5.41, 5.74) is 2.43. The average Bonchev–Trinajstić information content (AvgIpc) is 2.78. The van der Waals surface area contributed by atoms with Gasteiger partial charge in [-0.25, -0.2) is 4.98 Å². The number of nitrogens with zero attached hydrogens (tertiary/aromatic N) is 2. The van der Waals surface area contributed by atoms with Crippen molar-refractivity contribution >= 4 is 11.0 Å². The summed E-state index contributed by atoms with van der Waals surface area (Å²) in [5.74, 6) is 2.50. The van der Waals surface area contributed by atoms with Crippen LogP contribution in [0, 0.1) is 5.92 Å². The number of rotatable bonds is 3. The van der Waals surface area contributed by atoms with Gasteiger partial charge in [-0.05, 0) is 37.4 Å². The molecule has 3 nitrogen and oxygen atoms in total. The van der Waals surface area contributed by atoms with Crippen molar-refractivity contribution in [3.05, 3.63) is 30.1 Å². The van der Waals surface area contributed by atoms with Gasteiger partial charge < -0.3 is 9.88 Å². The summed E-state index contributed by atoms with van der Waals surface area (Å²) in [6.45, 7) is 7.84. The van der Waals surface area contributed by atoms with E-state index in [1.807, 2.05) is 0 Å². The molecule has 0 radical (unpaired) electrons. The smallest absolute Gasteiger partial charge is 0.114 e. The SMILES string of the molecule is CC(C)Cn1c(C2CCCNC2)nc2ccccc21. The molecule has 1 saturated heterocycles. The van der Waals surface area contributed by atoms with Gasteiger partial charge in [-0.2, -0.15) is 0 Å². The van der Waals surface area contributed by atoms with Crippen LogP contribution in [0.5, 0.6) is 0 Å². The van der Waals surface area contributed by atoms with E-state index in [0.717, 1.165) is 25.2 Å². The minimum absolute atomic E-state index is 0.569. The topological polar surface area (TPSA) is 29.9 Å². The second-order valence-electron chi connectivity index (χ2n) is 6.01. The molecule has 2 aromatic rings. The van der Waals surface area contributed by atoms with Gasteiger partial charge in [0, 0.05) is 19.0 Å². The number of para-hydroxylation sites is 2. The molecule has 1 fully saturated rings. The first-order valence-electron chi connectivity index (χ1n) is 7.41. The molecule has 0 aliphatic carbocycles. The molecule has 1 N–H and O–H groups in total. The van der Waals surface area contributed by atoms with Crippen LogP contribution in [0.15, 0.2) is 24.3 Å². The Balaban J connectivity index is 2.05. The Kier molecular flexibility index (Phi) is 3.56. The predicted octanol–water partition coefficient (Wildman–Crippen LogP) is 3.16. The molecule has 0 bridgehead atoms. The van der Waals surface area contributed by atoms with Crippen molar-refractivity contribution in [3.8, 4) is 0 Å². The fourth-order valence-electron chi connectivity index (χ4n) is 3.04. The van der Waals surface area contributed by atoms with E-state index in [0.29, 0.717) is 11.8 Å². The van der Waals surface area contributed by atoms with Gasteiger partial charge in [0.2, 0.25) is 0 Å². The number of benzene rings is 1. The fraction of sp³-hybridized carbons (Fsp3) is 0.562. The van der Waals surface area contributed by atoms with Gasteiger partial charge in [-0.1, -0.05) is 26.0 Å². The lowest BCUT2D eigenvalue weighted by Crippen LogP contribution is -2.30. The molecule has 0 amide bonds. The minimum Gasteiger partial charge on any atom is -0.327 e. The number of aromatic nitrogens is 2. The molecule has 2 heterocycles. The molecule has 19 heavy (non-hydrogen) atoms. The highest BCUT2D eigenvalue weighted by Gasteiger charge is 2.22. The zero-order chi connectivity index (χ0) is 13.2. The molecule has 1 aliphatic heterocycles. The number of hydrogen-bond donors (Lipinski definition) is 1. The van der Waals surface area contributed by atoms with Crippen LogP contribution >= 0.6 is 0 Å². The van der Waals surface area contributed by atoms with Crippen molar-refractivity contribution in [3.63, 3.8) is 0 Å². The number of imidazole rings is 1. The van der Waals surface area contributed by atoms with E-state index in [2.05, 4.69) is 48.0 Å². The molecule has 1 aliphatic rings. The number of piperidine rings is 1. The summed E-state index contributed by atoms with van der Waals surface area (Å²) >= 11 is 0. The zero-order valence-corrected chi connectivity index (χ0v) is 11.9. The fourth-order valence-corrected chi connectivity index (χ4v) is 3.04. The first-order chi connectivity index (χ1) is 9.25. The standard InChI is InChI=1S/C16H23N3/c1-12(2)11-19-15-8-4-3-7-14(15)18-16(19)13-6-5-9-17-10-13/h3-4,7-8,12-13,17H,5-6,9-11H2,1-2H3. The highest BCUT2D eigenvalue weighted by atomic mass is 15.1. The van der Waals surface area contributed by atoms with E-state index in [4.69, 9.17) is 4.98 Å². The summed E-state index contributed by atoms with van der Waals surface area (Å²) in [7, 11) is 0. The van der Waals surface area contributed by atoms with Crippen LogP contribution in [0.1, 0.15) is 38.4 Å². The third-order valence-corrected chi connectivity index (χ3v) is 3.89. The summed E-state index contributed by atoms with van der Waals surface area (Å²) in [5, 5.41) is 3.50. The van der Waals surface area contributed by atoms with E-state index in [9.17, 15) is 0 Å². The Bertz CT molecular complexity index is 550. The molecule has 1 aromatic carbocycles.